The lowest BCUT2D eigenvalue weighted by Crippen LogP contribution is -2.35. The van der Waals surface area contributed by atoms with E-state index in [-0.39, 0.29) is 0 Å². The van der Waals surface area contributed by atoms with E-state index in [9.17, 15) is 0 Å². The van der Waals surface area contributed by atoms with Crippen molar-refractivity contribution in [2.24, 2.45) is 23.7 Å². The van der Waals surface area contributed by atoms with Gasteiger partial charge in [0.2, 0.25) is 0 Å². The first-order chi connectivity index (χ1) is 10.1. The van der Waals surface area contributed by atoms with Gasteiger partial charge in [-0.25, -0.2) is 0 Å². The molecule has 0 rings (SSSR count). The molecule has 0 aromatic heterocycles. The van der Waals surface area contributed by atoms with Crippen LogP contribution in [0.15, 0.2) is 0 Å². The van der Waals surface area contributed by atoms with Crippen molar-refractivity contribution < 1.29 is 7.58 Å². The molecule has 0 aliphatic rings. The van der Waals surface area contributed by atoms with Crippen LogP contribution in [0.4, 0.5) is 0 Å². The molecular formula is C17H37Al2BO2. The first-order valence-electron chi connectivity index (χ1n) is 9.16. The van der Waals surface area contributed by atoms with E-state index < -0.39 is 35.2 Å². The van der Waals surface area contributed by atoms with Crippen LogP contribution in [0.5, 0.6) is 0 Å². The first kappa shape index (κ1) is 23.0. The summed E-state index contributed by atoms with van der Waals surface area (Å²) in [4.78, 5) is 0. The molecule has 0 fully saturated rings. The number of hydrogen-bond donors (Lipinski definition) is 0. The molecule has 0 bridgehead atoms. The molecule has 5 heteroatoms. The van der Waals surface area contributed by atoms with Crippen LogP contribution in [0.2, 0.25) is 21.1 Å². The van der Waals surface area contributed by atoms with Crippen molar-refractivity contribution in [1.82, 2.24) is 0 Å². The molecule has 0 aliphatic heterocycles. The summed E-state index contributed by atoms with van der Waals surface area (Å²) in [6.07, 6.45) is -0.483. The van der Waals surface area contributed by atoms with Crippen LogP contribution in [0.3, 0.4) is 0 Å². The Morgan fingerprint density at radius 2 is 0.818 bits per heavy atom. The molecule has 0 aromatic rings. The summed E-state index contributed by atoms with van der Waals surface area (Å²) in [6.45, 7) is 18.2. The monoisotopic (exact) mass is 338 g/mol. The molecule has 2 nitrogen and oxygen atoms in total. The van der Waals surface area contributed by atoms with E-state index in [0.717, 1.165) is 0 Å². The lowest BCUT2D eigenvalue weighted by atomic mass is 10.2. The molecule has 2 radical (unpaired) electrons. The van der Waals surface area contributed by atoms with Gasteiger partial charge in [0.1, 0.15) is 7.85 Å². The Balaban J connectivity index is 4.50. The molecule has 0 amide bonds. The third-order valence-electron chi connectivity index (χ3n) is 3.59. The maximum atomic E-state index is 6.20. The van der Waals surface area contributed by atoms with Gasteiger partial charge in [0.15, 0.2) is 0 Å². The Hall–Kier alpha value is 1.05. The Morgan fingerprint density at radius 3 is 1.00 bits per heavy atom. The normalized spacial score (nSPS) is 12.2. The highest BCUT2D eigenvalue weighted by Crippen LogP contribution is 2.20. The van der Waals surface area contributed by atoms with Crippen molar-refractivity contribution in [3.63, 3.8) is 0 Å². The molecule has 0 spiro atoms. The van der Waals surface area contributed by atoms with E-state index in [1.54, 1.807) is 0 Å². The van der Waals surface area contributed by atoms with Crippen LogP contribution in [0.1, 0.15) is 55.4 Å². The smallest absolute Gasteiger partial charge is 0.462 e. The Morgan fingerprint density at radius 1 is 0.591 bits per heavy atom. The summed E-state index contributed by atoms with van der Waals surface area (Å²) in [5, 5.41) is 4.76. The zero-order chi connectivity index (χ0) is 17.3. The second-order valence-corrected chi connectivity index (χ2v) is 13.3. The molecule has 0 saturated carbocycles. The van der Waals surface area contributed by atoms with E-state index in [4.69, 9.17) is 15.4 Å². The fourth-order valence-corrected chi connectivity index (χ4v) is 8.98. The predicted molar refractivity (Wildman–Crippen MR) is 102 cm³/mol. The van der Waals surface area contributed by atoms with Gasteiger partial charge in [-0.3, -0.25) is 0 Å². The molecule has 0 atom stereocenters. The quantitative estimate of drug-likeness (QED) is 0.365. The predicted octanol–water partition coefficient (Wildman–Crippen LogP) is 5.08. The van der Waals surface area contributed by atoms with Crippen molar-refractivity contribution >= 4 is 36.8 Å². The van der Waals surface area contributed by atoms with Crippen LogP contribution in [0.25, 0.3) is 0 Å². The minimum Gasteiger partial charge on any atom is -0.487 e. The van der Waals surface area contributed by atoms with Gasteiger partial charge in [0.25, 0.3) is 0 Å². The molecule has 0 heterocycles. The zero-order valence-corrected chi connectivity index (χ0v) is 18.6. The average Bonchev–Trinajstić information content (AvgIpc) is 2.23. The second kappa shape index (κ2) is 12.4. The topological polar surface area (TPSA) is 18.5 Å². The summed E-state index contributed by atoms with van der Waals surface area (Å²) in [5.41, 5.74) is 0. The standard InChI is InChI=1S/4C4H9.CHBO2.2Al/c4*1-4(2)3;2-1(3)4;;/h4*4H,1H2,2-3H3;1H;;/q;;;;-2;2*+1. The molecule has 126 valence electrons. The van der Waals surface area contributed by atoms with Crippen molar-refractivity contribution in [2.45, 2.75) is 82.7 Å². The molecular weight excluding hydrogens is 301 g/mol. The van der Waals surface area contributed by atoms with Gasteiger partial charge in [-0.05, 0) is 0 Å². The molecule has 0 saturated heterocycles. The average molecular weight is 338 g/mol. The van der Waals surface area contributed by atoms with E-state index in [1.165, 1.54) is 21.1 Å². The van der Waals surface area contributed by atoms with Gasteiger partial charge in [0, 0.05) is 0 Å². The fourth-order valence-electron chi connectivity index (χ4n) is 2.93. The van der Waals surface area contributed by atoms with Crippen molar-refractivity contribution in [2.75, 3.05) is 0 Å². The van der Waals surface area contributed by atoms with E-state index in [1.807, 2.05) is 0 Å². The Kier molecular flexibility index (Phi) is 13.0. The van der Waals surface area contributed by atoms with Gasteiger partial charge in [-0.1, -0.05) is 100 Å². The summed E-state index contributed by atoms with van der Waals surface area (Å²) in [7, 11) is 6.20. The molecule has 0 aliphatic carbocycles. The fraction of sp³-hybridized carbons (Fsp3) is 1.00. The second-order valence-electron chi connectivity index (χ2n) is 8.40. The largest absolute Gasteiger partial charge is 0.487 e. The SMILES string of the molecule is [B]C([O][Al]([CH2]C(C)C)[CH2]C(C)C)[O][Al]([CH2]C(C)C)[CH2]C(C)C. The minimum atomic E-state index is -1.27. The van der Waals surface area contributed by atoms with Crippen molar-refractivity contribution in [3.05, 3.63) is 0 Å². The van der Waals surface area contributed by atoms with Gasteiger partial charge >= 0.3 is 29.0 Å². The maximum absolute atomic E-state index is 6.20. The highest BCUT2D eigenvalue weighted by molar-refractivity contribution is 6.54. The number of hydrogen-bond acceptors (Lipinski definition) is 2. The van der Waals surface area contributed by atoms with Crippen LogP contribution >= 0.6 is 0 Å². The van der Waals surface area contributed by atoms with E-state index in [0.29, 0.717) is 23.7 Å². The van der Waals surface area contributed by atoms with Gasteiger partial charge in [0.05, 0.1) is 6.19 Å². The summed E-state index contributed by atoms with van der Waals surface area (Å²) in [6, 6.07) is 0. The maximum Gasteiger partial charge on any atom is 0.462 e. The van der Waals surface area contributed by atoms with E-state index in [2.05, 4.69) is 55.4 Å². The lowest BCUT2D eigenvalue weighted by Gasteiger charge is -2.27. The first-order valence-corrected chi connectivity index (χ1v) is 13.4. The third kappa shape index (κ3) is 13.5. The molecule has 0 unspecified atom stereocenters. The third-order valence-corrected chi connectivity index (χ3v) is 10.8. The molecule has 22 heavy (non-hydrogen) atoms. The van der Waals surface area contributed by atoms with Crippen LogP contribution < -0.4 is 0 Å². The van der Waals surface area contributed by atoms with Gasteiger partial charge in [-0.15, -0.1) is 0 Å². The highest BCUT2D eigenvalue weighted by atomic mass is 27.2. The van der Waals surface area contributed by atoms with Gasteiger partial charge in [-0.2, -0.15) is 0 Å². The Bertz CT molecular complexity index is 227. The summed E-state index contributed by atoms with van der Waals surface area (Å²) >= 11 is -2.53. The molecule has 0 N–H and O–H groups in total. The lowest BCUT2D eigenvalue weighted by molar-refractivity contribution is 0.0684. The Labute approximate surface area is 150 Å². The highest BCUT2D eigenvalue weighted by Gasteiger charge is 2.29. The van der Waals surface area contributed by atoms with Crippen LogP contribution in [-0.4, -0.2) is 43.0 Å². The van der Waals surface area contributed by atoms with Crippen LogP contribution in [-0.2, 0) is 7.58 Å². The van der Waals surface area contributed by atoms with Crippen LogP contribution in [0, 0.1) is 23.7 Å². The zero-order valence-electron chi connectivity index (χ0n) is 16.3. The van der Waals surface area contributed by atoms with Gasteiger partial charge < -0.3 is 7.58 Å². The van der Waals surface area contributed by atoms with Crippen molar-refractivity contribution in [3.8, 4) is 0 Å². The number of rotatable bonds is 12. The minimum absolute atomic E-state index is 0.483. The molecule has 0 aromatic carbocycles. The summed E-state index contributed by atoms with van der Waals surface area (Å²) < 4.78 is 12.4. The van der Waals surface area contributed by atoms with E-state index >= 15 is 0 Å². The van der Waals surface area contributed by atoms with Crippen molar-refractivity contribution in [1.29, 1.82) is 0 Å². The summed E-state index contributed by atoms with van der Waals surface area (Å²) in [5.74, 6) is 2.73.